The molecule has 4 nitrogen and oxygen atoms in total. The van der Waals surface area contributed by atoms with E-state index in [2.05, 4.69) is 5.32 Å². The van der Waals surface area contributed by atoms with Crippen LogP contribution in [-0.2, 0) is 28.3 Å². The second kappa shape index (κ2) is 14.3. The second-order valence-electron chi connectivity index (χ2n) is 9.50. The van der Waals surface area contributed by atoms with Gasteiger partial charge in [-0.1, -0.05) is 102 Å². The highest BCUT2D eigenvalue weighted by Crippen LogP contribution is 2.29. The number of nitrogens with one attached hydrogen (secondary N) is 1. The molecule has 3 aromatic carbocycles. The molecular formula is C30H31Cl3N2O2S. The quantitative estimate of drug-likeness (QED) is 0.251. The summed E-state index contributed by atoms with van der Waals surface area (Å²) in [5.41, 5.74) is 2.59. The summed E-state index contributed by atoms with van der Waals surface area (Å²) in [7, 11) is 0. The smallest absolute Gasteiger partial charge is 0.243 e. The number of thioether (sulfide) groups is 1. The molecule has 200 valence electrons. The molecule has 0 aromatic heterocycles. The minimum atomic E-state index is -0.675. The maximum Gasteiger partial charge on any atom is 0.243 e. The average molecular weight is 590 g/mol. The fourth-order valence-corrected chi connectivity index (χ4v) is 6.57. The van der Waals surface area contributed by atoms with Gasteiger partial charge in [0.2, 0.25) is 11.8 Å². The Balaban J connectivity index is 1.59. The van der Waals surface area contributed by atoms with Crippen LogP contribution in [0.1, 0.15) is 42.4 Å². The lowest BCUT2D eigenvalue weighted by molar-refractivity contribution is -0.139. The Labute approximate surface area is 244 Å². The monoisotopic (exact) mass is 588 g/mol. The molecule has 0 radical (unpaired) electrons. The van der Waals surface area contributed by atoms with Crippen molar-refractivity contribution in [3.63, 3.8) is 0 Å². The number of benzene rings is 3. The van der Waals surface area contributed by atoms with Crippen molar-refractivity contribution in [1.29, 1.82) is 0 Å². The fraction of sp³-hybridized carbons (Fsp3) is 0.333. The van der Waals surface area contributed by atoms with E-state index in [1.807, 2.05) is 48.5 Å². The molecule has 2 amide bonds. The Morgan fingerprint density at radius 3 is 2.18 bits per heavy atom. The number of hydrogen-bond donors (Lipinski definition) is 1. The summed E-state index contributed by atoms with van der Waals surface area (Å²) < 4.78 is 0. The first-order valence-electron chi connectivity index (χ1n) is 12.8. The zero-order valence-corrected chi connectivity index (χ0v) is 24.1. The number of hydrogen-bond acceptors (Lipinski definition) is 3. The van der Waals surface area contributed by atoms with Gasteiger partial charge in [0, 0.05) is 39.8 Å². The molecule has 0 heterocycles. The molecule has 3 aromatic rings. The number of carbonyl (C=O) groups is 2. The van der Waals surface area contributed by atoms with Crippen LogP contribution in [0.2, 0.25) is 15.1 Å². The molecule has 0 saturated heterocycles. The molecule has 8 heteroatoms. The van der Waals surface area contributed by atoms with E-state index in [-0.39, 0.29) is 30.2 Å². The van der Waals surface area contributed by atoms with Gasteiger partial charge in [-0.25, -0.2) is 0 Å². The van der Waals surface area contributed by atoms with Crippen molar-refractivity contribution >= 4 is 58.4 Å². The third kappa shape index (κ3) is 7.92. The Bertz CT molecular complexity index is 1210. The zero-order chi connectivity index (χ0) is 26.9. The maximum absolute atomic E-state index is 13.8. The third-order valence-corrected chi connectivity index (χ3v) is 8.83. The average Bonchev–Trinajstić information content (AvgIpc) is 3.42. The number of rotatable bonds is 11. The molecule has 4 rings (SSSR count). The zero-order valence-electron chi connectivity index (χ0n) is 21.0. The first kappa shape index (κ1) is 28.8. The van der Waals surface area contributed by atoms with Gasteiger partial charge in [-0.2, -0.15) is 0 Å². The van der Waals surface area contributed by atoms with Gasteiger partial charge in [0.15, 0.2) is 0 Å². The van der Waals surface area contributed by atoms with Crippen molar-refractivity contribution in [3.8, 4) is 0 Å². The summed E-state index contributed by atoms with van der Waals surface area (Å²) in [5.74, 6) is 0.399. The van der Waals surface area contributed by atoms with Gasteiger partial charge in [-0.05, 0) is 47.7 Å². The van der Waals surface area contributed by atoms with Crippen LogP contribution in [0.15, 0.2) is 72.8 Å². The second-order valence-corrected chi connectivity index (χ2v) is 11.7. The molecule has 1 saturated carbocycles. The van der Waals surface area contributed by atoms with Crippen LogP contribution in [0.5, 0.6) is 0 Å². The minimum absolute atomic E-state index is 0.125. The SMILES string of the molecule is O=C(NC1CCCC1)[C@H](Cc1ccccc1)N(Cc1ccccc1Cl)C(=O)CSCc1c(Cl)cccc1Cl. The van der Waals surface area contributed by atoms with Crippen molar-refractivity contribution in [2.24, 2.45) is 0 Å². The molecule has 0 spiro atoms. The van der Waals surface area contributed by atoms with Crippen LogP contribution in [0.25, 0.3) is 0 Å². The summed E-state index contributed by atoms with van der Waals surface area (Å²) in [6.45, 7) is 0.238. The molecule has 0 unspecified atom stereocenters. The lowest BCUT2D eigenvalue weighted by Gasteiger charge is -2.32. The summed E-state index contributed by atoms with van der Waals surface area (Å²) in [6, 6.07) is 22.1. The van der Waals surface area contributed by atoms with E-state index in [1.54, 1.807) is 29.2 Å². The summed E-state index contributed by atoms with van der Waals surface area (Å²) in [6.07, 6.45) is 4.57. The molecule has 1 atom stereocenters. The van der Waals surface area contributed by atoms with Crippen LogP contribution in [-0.4, -0.2) is 34.6 Å². The van der Waals surface area contributed by atoms with Gasteiger partial charge < -0.3 is 10.2 Å². The van der Waals surface area contributed by atoms with Gasteiger partial charge in [-0.3, -0.25) is 9.59 Å². The Morgan fingerprint density at radius 2 is 1.50 bits per heavy atom. The molecule has 38 heavy (non-hydrogen) atoms. The van der Waals surface area contributed by atoms with Gasteiger partial charge >= 0.3 is 0 Å². The van der Waals surface area contributed by atoms with Crippen molar-refractivity contribution < 1.29 is 9.59 Å². The van der Waals surface area contributed by atoms with Crippen molar-refractivity contribution in [2.75, 3.05) is 5.75 Å². The summed E-state index contributed by atoms with van der Waals surface area (Å²) >= 11 is 20.6. The minimum Gasteiger partial charge on any atom is -0.352 e. The summed E-state index contributed by atoms with van der Waals surface area (Å²) in [4.78, 5) is 29.2. The standard InChI is InChI=1S/C30H31Cl3N2O2S/c31-25-14-7-4-11-22(25)18-35(29(36)20-38-19-24-26(32)15-8-16-27(24)33)28(17-21-9-2-1-3-10-21)30(37)34-23-12-5-6-13-23/h1-4,7-11,14-16,23,28H,5-6,12-13,17-20H2,(H,34,37)/t28-/m0/s1. The highest BCUT2D eigenvalue weighted by atomic mass is 35.5. The number of carbonyl (C=O) groups excluding carboxylic acids is 2. The van der Waals surface area contributed by atoms with Crippen molar-refractivity contribution in [2.45, 2.75) is 56.5 Å². The van der Waals surface area contributed by atoms with Crippen LogP contribution < -0.4 is 5.32 Å². The molecular weight excluding hydrogens is 559 g/mol. The third-order valence-electron chi connectivity index (χ3n) is 6.80. The van der Waals surface area contributed by atoms with Crippen LogP contribution in [0.4, 0.5) is 0 Å². The van der Waals surface area contributed by atoms with Gasteiger partial charge in [0.05, 0.1) is 5.75 Å². The molecule has 1 aliphatic rings. The number of halogens is 3. The highest BCUT2D eigenvalue weighted by molar-refractivity contribution is 7.99. The van der Waals surface area contributed by atoms with Crippen molar-refractivity contribution in [3.05, 3.63) is 105 Å². The van der Waals surface area contributed by atoms with E-state index in [0.29, 0.717) is 27.2 Å². The van der Waals surface area contributed by atoms with Gasteiger partial charge in [-0.15, -0.1) is 11.8 Å². The van der Waals surface area contributed by atoms with Crippen LogP contribution in [0, 0.1) is 0 Å². The molecule has 1 N–H and O–H groups in total. The predicted octanol–water partition coefficient (Wildman–Crippen LogP) is 7.58. The van der Waals surface area contributed by atoms with E-state index in [0.717, 1.165) is 42.4 Å². The van der Waals surface area contributed by atoms with Crippen LogP contribution >= 0.6 is 46.6 Å². The molecule has 1 aliphatic carbocycles. The first-order valence-corrected chi connectivity index (χ1v) is 15.1. The fourth-order valence-electron chi connectivity index (χ4n) is 4.73. The van der Waals surface area contributed by atoms with E-state index < -0.39 is 6.04 Å². The lowest BCUT2D eigenvalue weighted by Crippen LogP contribution is -2.52. The normalized spacial score (nSPS) is 14.3. The van der Waals surface area contributed by atoms with E-state index in [4.69, 9.17) is 34.8 Å². The number of nitrogens with zero attached hydrogens (tertiary/aromatic N) is 1. The highest BCUT2D eigenvalue weighted by Gasteiger charge is 2.32. The van der Waals surface area contributed by atoms with Gasteiger partial charge in [0.1, 0.15) is 6.04 Å². The van der Waals surface area contributed by atoms with Gasteiger partial charge in [0.25, 0.3) is 0 Å². The molecule has 1 fully saturated rings. The Morgan fingerprint density at radius 1 is 0.868 bits per heavy atom. The maximum atomic E-state index is 13.8. The first-order chi connectivity index (χ1) is 18.4. The number of amides is 2. The van der Waals surface area contributed by atoms with E-state index >= 15 is 0 Å². The molecule has 0 bridgehead atoms. The topological polar surface area (TPSA) is 49.4 Å². The van der Waals surface area contributed by atoms with E-state index in [9.17, 15) is 9.59 Å². The molecule has 0 aliphatic heterocycles. The largest absolute Gasteiger partial charge is 0.352 e. The predicted molar refractivity (Wildman–Crippen MR) is 159 cm³/mol. The lowest BCUT2D eigenvalue weighted by atomic mass is 10.0. The Hall–Kier alpha value is -2.18. The van der Waals surface area contributed by atoms with E-state index in [1.165, 1.54) is 11.8 Å². The Kier molecular flexibility index (Phi) is 10.8. The summed E-state index contributed by atoms with van der Waals surface area (Å²) in [5, 5.41) is 4.93. The van der Waals surface area contributed by atoms with Crippen LogP contribution in [0.3, 0.4) is 0 Å². The van der Waals surface area contributed by atoms with Crippen molar-refractivity contribution in [1.82, 2.24) is 10.2 Å².